The number of hydrogen-bond acceptors (Lipinski definition) is 5. The van der Waals surface area contributed by atoms with E-state index < -0.39 is 0 Å². The van der Waals surface area contributed by atoms with Gasteiger partial charge in [0.05, 0.1) is 6.33 Å². The SMILES string of the molecule is Cn1cnnc1CCNc1nc[nH]c(=O)c1Br. The largest absolute Gasteiger partial charge is 0.368 e. The standard InChI is InChI=1S/C9H11BrN6O/c1-16-5-14-15-6(16)2-3-11-8-7(10)9(17)13-4-12-8/h4-5H,2-3H2,1H3,(H2,11,12,13,17). The summed E-state index contributed by atoms with van der Waals surface area (Å²) >= 11 is 3.17. The highest BCUT2D eigenvalue weighted by Crippen LogP contribution is 2.12. The van der Waals surface area contributed by atoms with Gasteiger partial charge in [0, 0.05) is 20.0 Å². The number of rotatable bonds is 4. The van der Waals surface area contributed by atoms with E-state index in [-0.39, 0.29) is 5.56 Å². The summed E-state index contributed by atoms with van der Waals surface area (Å²) in [6.07, 6.45) is 3.71. The molecule has 0 aromatic carbocycles. The smallest absolute Gasteiger partial charge is 0.267 e. The van der Waals surface area contributed by atoms with Crippen LogP contribution in [-0.4, -0.2) is 31.3 Å². The summed E-state index contributed by atoms with van der Waals surface area (Å²) in [5, 5.41) is 10.8. The number of anilines is 1. The quantitative estimate of drug-likeness (QED) is 0.848. The number of H-pyrrole nitrogens is 1. The van der Waals surface area contributed by atoms with Gasteiger partial charge in [-0.3, -0.25) is 4.79 Å². The van der Waals surface area contributed by atoms with Crippen LogP contribution in [0.4, 0.5) is 5.82 Å². The van der Waals surface area contributed by atoms with Crippen LogP contribution in [0.15, 0.2) is 21.9 Å². The maximum Gasteiger partial charge on any atom is 0.267 e. The molecular weight excluding hydrogens is 288 g/mol. The Labute approximate surface area is 105 Å². The molecule has 17 heavy (non-hydrogen) atoms. The third kappa shape index (κ3) is 2.70. The first-order valence-electron chi connectivity index (χ1n) is 4.98. The Hall–Kier alpha value is -1.70. The number of hydrogen-bond donors (Lipinski definition) is 2. The normalized spacial score (nSPS) is 10.5. The molecule has 8 heteroatoms. The second-order valence-corrected chi connectivity index (χ2v) is 4.22. The number of aromatic amines is 1. The van der Waals surface area contributed by atoms with E-state index in [1.165, 1.54) is 6.33 Å². The van der Waals surface area contributed by atoms with Crippen LogP contribution < -0.4 is 10.9 Å². The summed E-state index contributed by atoms with van der Waals surface area (Å²) in [4.78, 5) is 17.8. The van der Waals surface area contributed by atoms with Crippen LogP contribution in [0, 0.1) is 0 Å². The number of halogens is 1. The van der Waals surface area contributed by atoms with E-state index in [2.05, 4.69) is 41.4 Å². The van der Waals surface area contributed by atoms with Gasteiger partial charge in [0.15, 0.2) is 0 Å². The molecule has 2 N–H and O–H groups in total. The van der Waals surface area contributed by atoms with Crippen molar-refractivity contribution in [1.82, 2.24) is 24.7 Å². The van der Waals surface area contributed by atoms with Gasteiger partial charge in [-0.25, -0.2) is 4.98 Å². The molecule has 0 atom stereocenters. The van der Waals surface area contributed by atoms with Crippen molar-refractivity contribution in [2.75, 3.05) is 11.9 Å². The van der Waals surface area contributed by atoms with Crippen molar-refractivity contribution in [2.24, 2.45) is 7.05 Å². The Bertz CT molecular complexity index is 563. The van der Waals surface area contributed by atoms with Gasteiger partial charge in [0.25, 0.3) is 5.56 Å². The van der Waals surface area contributed by atoms with Crippen LogP contribution in [0.5, 0.6) is 0 Å². The molecule has 0 unspecified atom stereocenters. The molecule has 0 amide bonds. The summed E-state index contributed by atoms with van der Waals surface area (Å²) in [7, 11) is 1.89. The summed E-state index contributed by atoms with van der Waals surface area (Å²) in [6.45, 7) is 0.627. The maximum atomic E-state index is 11.3. The zero-order valence-electron chi connectivity index (χ0n) is 9.14. The van der Waals surface area contributed by atoms with E-state index in [9.17, 15) is 4.79 Å². The Balaban J connectivity index is 1.97. The second kappa shape index (κ2) is 5.09. The third-order valence-corrected chi connectivity index (χ3v) is 2.98. The molecule has 0 saturated heterocycles. The van der Waals surface area contributed by atoms with Gasteiger partial charge < -0.3 is 14.9 Å². The molecular formula is C9H11BrN6O. The minimum Gasteiger partial charge on any atom is -0.368 e. The lowest BCUT2D eigenvalue weighted by Gasteiger charge is -2.05. The summed E-state index contributed by atoms with van der Waals surface area (Å²) in [5.74, 6) is 1.40. The predicted octanol–water partition coefficient (Wildman–Crippen LogP) is 0.315. The van der Waals surface area contributed by atoms with Crippen LogP contribution in [-0.2, 0) is 13.5 Å². The van der Waals surface area contributed by atoms with E-state index >= 15 is 0 Å². The molecule has 2 heterocycles. The first-order valence-corrected chi connectivity index (χ1v) is 5.77. The lowest BCUT2D eigenvalue weighted by molar-refractivity contribution is 0.786. The molecule has 0 aliphatic heterocycles. The number of aromatic nitrogens is 5. The molecule has 0 aliphatic rings. The van der Waals surface area contributed by atoms with Crippen LogP contribution in [0.3, 0.4) is 0 Å². The molecule has 0 aliphatic carbocycles. The van der Waals surface area contributed by atoms with Crippen LogP contribution >= 0.6 is 15.9 Å². The molecule has 0 spiro atoms. The highest BCUT2D eigenvalue weighted by atomic mass is 79.9. The van der Waals surface area contributed by atoms with Crippen molar-refractivity contribution in [1.29, 1.82) is 0 Å². The Morgan fingerprint density at radius 2 is 2.41 bits per heavy atom. The van der Waals surface area contributed by atoms with Crippen molar-refractivity contribution < 1.29 is 0 Å². The molecule has 90 valence electrons. The minimum absolute atomic E-state index is 0.207. The average Bonchev–Trinajstić information content (AvgIpc) is 2.71. The zero-order chi connectivity index (χ0) is 12.3. The lowest BCUT2D eigenvalue weighted by Crippen LogP contribution is -2.14. The first-order chi connectivity index (χ1) is 8.18. The molecule has 2 rings (SSSR count). The molecule has 0 bridgehead atoms. The van der Waals surface area contributed by atoms with E-state index in [0.29, 0.717) is 23.3 Å². The zero-order valence-corrected chi connectivity index (χ0v) is 10.7. The Morgan fingerprint density at radius 3 is 3.12 bits per heavy atom. The number of aryl methyl sites for hydroxylation is 1. The van der Waals surface area contributed by atoms with Gasteiger partial charge in [-0.15, -0.1) is 10.2 Å². The number of nitrogens with zero attached hydrogens (tertiary/aromatic N) is 4. The van der Waals surface area contributed by atoms with Gasteiger partial charge >= 0.3 is 0 Å². The van der Waals surface area contributed by atoms with E-state index in [4.69, 9.17) is 0 Å². The Morgan fingerprint density at radius 1 is 1.59 bits per heavy atom. The van der Waals surface area contributed by atoms with Crippen molar-refractivity contribution in [3.63, 3.8) is 0 Å². The summed E-state index contributed by atoms with van der Waals surface area (Å²) < 4.78 is 2.25. The van der Waals surface area contributed by atoms with Crippen LogP contribution in [0.1, 0.15) is 5.82 Å². The summed E-state index contributed by atoms with van der Waals surface area (Å²) in [5.41, 5.74) is -0.207. The summed E-state index contributed by atoms with van der Waals surface area (Å²) in [6, 6.07) is 0. The highest BCUT2D eigenvalue weighted by Gasteiger charge is 2.05. The number of nitrogens with one attached hydrogen (secondary N) is 2. The third-order valence-electron chi connectivity index (χ3n) is 2.24. The molecule has 0 radical (unpaired) electrons. The van der Waals surface area contributed by atoms with Gasteiger partial charge in [-0.2, -0.15) is 0 Å². The van der Waals surface area contributed by atoms with E-state index in [1.807, 2.05) is 11.6 Å². The Kier molecular flexibility index (Phi) is 3.52. The highest BCUT2D eigenvalue weighted by molar-refractivity contribution is 9.10. The maximum absolute atomic E-state index is 11.3. The van der Waals surface area contributed by atoms with E-state index in [0.717, 1.165) is 5.82 Å². The fraction of sp³-hybridized carbons (Fsp3) is 0.333. The van der Waals surface area contributed by atoms with Gasteiger partial charge in [-0.05, 0) is 15.9 Å². The van der Waals surface area contributed by atoms with Crippen LogP contribution in [0.25, 0.3) is 0 Å². The van der Waals surface area contributed by atoms with Crippen molar-refractivity contribution in [3.05, 3.63) is 33.3 Å². The molecule has 0 saturated carbocycles. The first kappa shape index (κ1) is 11.8. The van der Waals surface area contributed by atoms with E-state index in [1.54, 1.807) is 6.33 Å². The molecule has 2 aromatic heterocycles. The van der Waals surface area contributed by atoms with Crippen LogP contribution in [0.2, 0.25) is 0 Å². The van der Waals surface area contributed by atoms with Gasteiger partial charge in [0.1, 0.15) is 22.4 Å². The van der Waals surface area contributed by atoms with Crippen molar-refractivity contribution in [2.45, 2.75) is 6.42 Å². The predicted molar refractivity (Wildman–Crippen MR) is 65.8 cm³/mol. The van der Waals surface area contributed by atoms with Crippen molar-refractivity contribution in [3.8, 4) is 0 Å². The average molecular weight is 299 g/mol. The minimum atomic E-state index is -0.207. The van der Waals surface area contributed by atoms with Crippen molar-refractivity contribution >= 4 is 21.7 Å². The lowest BCUT2D eigenvalue weighted by atomic mass is 10.4. The topological polar surface area (TPSA) is 88.5 Å². The molecule has 2 aromatic rings. The molecule has 7 nitrogen and oxygen atoms in total. The second-order valence-electron chi connectivity index (χ2n) is 3.43. The fourth-order valence-corrected chi connectivity index (χ4v) is 1.69. The monoisotopic (exact) mass is 298 g/mol. The molecule has 0 fully saturated rings. The fourth-order valence-electron chi connectivity index (χ4n) is 1.33. The van der Waals surface area contributed by atoms with Gasteiger partial charge in [-0.1, -0.05) is 0 Å². The van der Waals surface area contributed by atoms with Gasteiger partial charge in [0.2, 0.25) is 0 Å².